The number of piperidine rings is 1. The zero-order valence-electron chi connectivity index (χ0n) is 11.8. The van der Waals surface area contributed by atoms with Gasteiger partial charge in [-0.15, -0.1) is 0 Å². The Kier molecular flexibility index (Phi) is 4.32. The van der Waals surface area contributed by atoms with Crippen LogP contribution < -0.4 is 5.32 Å². The molecule has 19 heavy (non-hydrogen) atoms. The first-order valence-corrected chi connectivity index (χ1v) is 7.27. The summed E-state index contributed by atoms with van der Waals surface area (Å²) in [6, 6.07) is 0.259. The number of carboxylic acid groups (broad SMARTS) is 1. The molecule has 0 aromatic carbocycles. The Morgan fingerprint density at radius 3 is 2.21 bits per heavy atom. The van der Waals surface area contributed by atoms with Crippen molar-refractivity contribution in [2.45, 2.75) is 45.6 Å². The van der Waals surface area contributed by atoms with Gasteiger partial charge in [-0.25, -0.2) is 4.79 Å². The second-order valence-electron chi connectivity index (χ2n) is 6.07. The Morgan fingerprint density at radius 2 is 1.74 bits per heavy atom. The van der Waals surface area contributed by atoms with Gasteiger partial charge in [0.25, 0.3) is 0 Å². The summed E-state index contributed by atoms with van der Waals surface area (Å²) >= 11 is 0. The van der Waals surface area contributed by atoms with E-state index in [0.29, 0.717) is 37.8 Å². The van der Waals surface area contributed by atoms with Gasteiger partial charge in [-0.3, -0.25) is 4.79 Å². The van der Waals surface area contributed by atoms with Gasteiger partial charge in [0.05, 0.1) is 5.92 Å². The molecule has 1 saturated carbocycles. The van der Waals surface area contributed by atoms with Crippen LogP contribution in [0.15, 0.2) is 0 Å². The van der Waals surface area contributed by atoms with Crippen LogP contribution in [-0.2, 0) is 4.79 Å². The molecule has 0 aromatic heterocycles. The van der Waals surface area contributed by atoms with Gasteiger partial charge >= 0.3 is 12.0 Å². The van der Waals surface area contributed by atoms with Crippen LogP contribution in [0.25, 0.3) is 0 Å². The molecule has 2 amide bonds. The number of carboxylic acids is 1. The van der Waals surface area contributed by atoms with E-state index in [1.807, 2.05) is 0 Å². The molecule has 1 saturated heterocycles. The van der Waals surface area contributed by atoms with Gasteiger partial charge in [-0.1, -0.05) is 13.8 Å². The SMILES string of the molecule is CC1CCC(NC(=O)N2CCC(C(=O)O)CC2)C1C. The van der Waals surface area contributed by atoms with Gasteiger partial charge in [0.2, 0.25) is 0 Å². The standard InChI is InChI=1S/C14H24N2O3/c1-9-3-4-12(10(9)2)15-14(19)16-7-5-11(6-8-16)13(17)18/h9-12H,3-8H2,1-2H3,(H,15,19)(H,17,18). The monoisotopic (exact) mass is 268 g/mol. The predicted octanol–water partition coefficient (Wildman–Crippen LogP) is 1.93. The highest BCUT2D eigenvalue weighted by Gasteiger charge is 2.33. The third kappa shape index (κ3) is 3.19. The number of nitrogens with one attached hydrogen (secondary N) is 1. The van der Waals surface area contributed by atoms with Gasteiger partial charge in [-0.2, -0.15) is 0 Å². The minimum atomic E-state index is -0.738. The zero-order chi connectivity index (χ0) is 14.0. The largest absolute Gasteiger partial charge is 0.481 e. The molecule has 1 heterocycles. The van der Waals surface area contributed by atoms with Gasteiger partial charge < -0.3 is 15.3 Å². The van der Waals surface area contributed by atoms with Crippen molar-refractivity contribution in [3.05, 3.63) is 0 Å². The highest BCUT2D eigenvalue weighted by molar-refractivity contribution is 5.75. The van der Waals surface area contributed by atoms with Crippen molar-refractivity contribution in [1.82, 2.24) is 10.2 Å². The first-order chi connectivity index (χ1) is 8.99. The molecule has 5 nitrogen and oxygen atoms in total. The molecule has 0 spiro atoms. The number of carbonyl (C=O) groups excluding carboxylic acids is 1. The summed E-state index contributed by atoms with van der Waals surface area (Å²) < 4.78 is 0. The van der Waals surface area contributed by atoms with E-state index in [-0.39, 0.29) is 18.0 Å². The van der Waals surface area contributed by atoms with Crippen molar-refractivity contribution in [3.8, 4) is 0 Å². The van der Waals surface area contributed by atoms with Crippen molar-refractivity contribution in [2.24, 2.45) is 17.8 Å². The number of urea groups is 1. The first-order valence-electron chi connectivity index (χ1n) is 7.27. The predicted molar refractivity (Wildman–Crippen MR) is 71.8 cm³/mol. The fourth-order valence-corrected chi connectivity index (χ4v) is 3.15. The Morgan fingerprint density at radius 1 is 1.11 bits per heavy atom. The number of aliphatic carboxylic acids is 1. The Labute approximate surface area is 114 Å². The number of nitrogens with zero attached hydrogens (tertiary/aromatic N) is 1. The minimum absolute atomic E-state index is 0.0187. The van der Waals surface area contributed by atoms with Crippen LogP contribution in [0.1, 0.15) is 39.5 Å². The summed E-state index contributed by atoms with van der Waals surface area (Å²) in [6.07, 6.45) is 3.37. The molecule has 2 fully saturated rings. The van der Waals surface area contributed by atoms with Crippen LogP contribution in [0.5, 0.6) is 0 Å². The molecular formula is C14H24N2O3. The molecule has 2 aliphatic rings. The average molecular weight is 268 g/mol. The van der Waals surface area contributed by atoms with Crippen molar-refractivity contribution in [1.29, 1.82) is 0 Å². The van der Waals surface area contributed by atoms with Crippen LogP contribution in [0.4, 0.5) is 4.79 Å². The number of hydrogen-bond donors (Lipinski definition) is 2. The van der Waals surface area contributed by atoms with E-state index < -0.39 is 5.97 Å². The Balaban J connectivity index is 1.80. The third-order valence-corrected chi connectivity index (χ3v) is 4.91. The zero-order valence-corrected chi connectivity index (χ0v) is 11.8. The Hall–Kier alpha value is -1.26. The molecule has 2 N–H and O–H groups in total. The lowest BCUT2D eigenvalue weighted by Gasteiger charge is -2.32. The average Bonchev–Trinajstić information content (AvgIpc) is 2.71. The van der Waals surface area contributed by atoms with Crippen molar-refractivity contribution in [3.63, 3.8) is 0 Å². The van der Waals surface area contributed by atoms with E-state index >= 15 is 0 Å². The lowest BCUT2D eigenvalue weighted by atomic mass is 9.97. The highest BCUT2D eigenvalue weighted by Crippen LogP contribution is 2.31. The second-order valence-corrected chi connectivity index (χ2v) is 6.07. The fourth-order valence-electron chi connectivity index (χ4n) is 3.15. The maximum Gasteiger partial charge on any atom is 0.317 e. The summed E-state index contributed by atoms with van der Waals surface area (Å²) in [6.45, 7) is 5.54. The first kappa shape index (κ1) is 14.2. The molecule has 0 radical (unpaired) electrons. The third-order valence-electron chi connectivity index (χ3n) is 4.91. The van der Waals surface area contributed by atoms with E-state index in [4.69, 9.17) is 5.11 Å². The van der Waals surface area contributed by atoms with Crippen LogP contribution >= 0.6 is 0 Å². The Bertz CT molecular complexity index is 351. The van der Waals surface area contributed by atoms with Crippen molar-refractivity contribution in [2.75, 3.05) is 13.1 Å². The normalized spacial score (nSPS) is 32.3. The summed E-state index contributed by atoms with van der Waals surface area (Å²) in [5.74, 6) is 0.177. The minimum Gasteiger partial charge on any atom is -0.481 e. The topological polar surface area (TPSA) is 69.6 Å². The van der Waals surface area contributed by atoms with E-state index in [2.05, 4.69) is 19.2 Å². The highest BCUT2D eigenvalue weighted by atomic mass is 16.4. The molecule has 3 unspecified atom stereocenters. The maximum absolute atomic E-state index is 12.2. The molecule has 1 aliphatic carbocycles. The van der Waals surface area contributed by atoms with Gasteiger partial charge in [0, 0.05) is 19.1 Å². The number of hydrogen-bond acceptors (Lipinski definition) is 2. The van der Waals surface area contributed by atoms with Gasteiger partial charge in [0.1, 0.15) is 0 Å². The molecule has 3 atom stereocenters. The number of likely N-dealkylation sites (tertiary alicyclic amines) is 1. The number of rotatable bonds is 2. The van der Waals surface area contributed by atoms with Crippen LogP contribution in [0.2, 0.25) is 0 Å². The van der Waals surface area contributed by atoms with E-state index in [1.54, 1.807) is 4.90 Å². The summed E-state index contributed by atoms with van der Waals surface area (Å²) in [7, 11) is 0. The summed E-state index contributed by atoms with van der Waals surface area (Å²) in [4.78, 5) is 24.8. The van der Waals surface area contributed by atoms with Crippen molar-refractivity contribution < 1.29 is 14.7 Å². The molecule has 2 rings (SSSR count). The molecule has 1 aliphatic heterocycles. The lowest BCUT2D eigenvalue weighted by Crippen LogP contribution is -2.49. The van der Waals surface area contributed by atoms with Crippen LogP contribution in [0, 0.1) is 17.8 Å². The van der Waals surface area contributed by atoms with Gasteiger partial charge in [0.15, 0.2) is 0 Å². The molecule has 0 aromatic rings. The fraction of sp³-hybridized carbons (Fsp3) is 0.857. The summed E-state index contributed by atoms with van der Waals surface area (Å²) in [5, 5.41) is 12.1. The van der Waals surface area contributed by atoms with E-state index in [9.17, 15) is 9.59 Å². The van der Waals surface area contributed by atoms with E-state index in [0.717, 1.165) is 6.42 Å². The molecule has 0 bridgehead atoms. The van der Waals surface area contributed by atoms with Crippen LogP contribution in [-0.4, -0.2) is 41.1 Å². The smallest absolute Gasteiger partial charge is 0.317 e. The van der Waals surface area contributed by atoms with Crippen LogP contribution in [0.3, 0.4) is 0 Å². The molecule has 108 valence electrons. The molecular weight excluding hydrogens is 244 g/mol. The number of carbonyl (C=O) groups is 2. The van der Waals surface area contributed by atoms with Gasteiger partial charge in [-0.05, 0) is 37.5 Å². The summed E-state index contributed by atoms with van der Waals surface area (Å²) in [5.41, 5.74) is 0. The quantitative estimate of drug-likeness (QED) is 0.804. The second kappa shape index (κ2) is 5.80. The maximum atomic E-state index is 12.2. The van der Waals surface area contributed by atoms with Crippen molar-refractivity contribution >= 4 is 12.0 Å². The number of amides is 2. The molecule has 5 heteroatoms. The van der Waals surface area contributed by atoms with E-state index in [1.165, 1.54) is 6.42 Å². The lowest BCUT2D eigenvalue weighted by molar-refractivity contribution is -0.143.